The number of aromatic nitrogens is 1. The fraction of sp³-hybridized carbons (Fsp3) is 0.381. The maximum absolute atomic E-state index is 6.08. The molecule has 4 nitrogen and oxygen atoms in total. The quantitative estimate of drug-likeness (QED) is 0.722. The van der Waals surface area contributed by atoms with Gasteiger partial charge in [-0.25, -0.2) is 0 Å². The van der Waals surface area contributed by atoms with Crippen LogP contribution in [0.3, 0.4) is 0 Å². The van der Waals surface area contributed by atoms with Gasteiger partial charge >= 0.3 is 0 Å². The highest BCUT2D eigenvalue weighted by molar-refractivity contribution is 5.85. The van der Waals surface area contributed by atoms with E-state index in [1.165, 1.54) is 24.6 Å². The molecule has 1 saturated heterocycles. The Labute approximate surface area is 161 Å². The second-order valence-electron chi connectivity index (χ2n) is 6.81. The van der Waals surface area contributed by atoms with Gasteiger partial charge in [-0.3, -0.25) is 9.88 Å². The summed E-state index contributed by atoms with van der Waals surface area (Å²) in [5.41, 5.74) is 2.09. The zero-order valence-corrected chi connectivity index (χ0v) is 15.8. The third kappa shape index (κ3) is 4.64. The third-order valence-corrected chi connectivity index (χ3v) is 4.99. The number of furan rings is 1. The molecule has 0 saturated carbocycles. The number of para-hydroxylation sites is 1. The van der Waals surface area contributed by atoms with Crippen LogP contribution in [0.4, 0.5) is 0 Å². The number of rotatable bonds is 5. The molecule has 1 N–H and O–H groups in total. The maximum Gasteiger partial charge on any atom is 0.134 e. The molecule has 1 aliphatic rings. The van der Waals surface area contributed by atoms with E-state index in [0.717, 1.165) is 43.2 Å². The lowest BCUT2D eigenvalue weighted by molar-refractivity contribution is 0.151. The lowest BCUT2D eigenvalue weighted by Crippen LogP contribution is -2.35. The largest absolute Gasteiger partial charge is 0.460 e. The van der Waals surface area contributed by atoms with Crippen molar-refractivity contribution < 1.29 is 4.42 Å². The van der Waals surface area contributed by atoms with E-state index in [2.05, 4.69) is 45.5 Å². The molecule has 1 fully saturated rings. The molecule has 0 spiro atoms. The maximum atomic E-state index is 6.08. The SMILES string of the molecule is Cl.c1ccc(CN(Cc2cc3ccccc3o2)C2CCCNCC2)nc1. The number of hydrogen-bond acceptors (Lipinski definition) is 4. The molecule has 0 aliphatic carbocycles. The van der Waals surface area contributed by atoms with Gasteiger partial charge in [0.15, 0.2) is 0 Å². The highest BCUT2D eigenvalue weighted by Crippen LogP contribution is 2.24. The minimum absolute atomic E-state index is 0. The molecule has 1 aliphatic heterocycles. The molecule has 4 rings (SSSR count). The highest BCUT2D eigenvalue weighted by Gasteiger charge is 2.22. The van der Waals surface area contributed by atoms with Crippen molar-refractivity contribution in [3.8, 4) is 0 Å². The minimum Gasteiger partial charge on any atom is -0.460 e. The van der Waals surface area contributed by atoms with Crippen molar-refractivity contribution in [1.82, 2.24) is 15.2 Å². The first kappa shape index (κ1) is 18.9. The highest BCUT2D eigenvalue weighted by atomic mass is 35.5. The van der Waals surface area contributed by atoms with Crippen LogP contribution in [0.2, 0.25) is 0 Å². The summed E-state index contributed by atoms with van der Waals surface area (Å²) >= 11 is 0. The predicted octanol–water partition coefficient (Wildman–Crippen LogP) is 4.39. The normalized spacial score (nSPS) is 17.8. The van der Waals surface area contributed by atoms with Gasteiger partial charge in [-0.15, -0.1) is 12.4 Å². The second-order valence-corrected chi connectivity index (χ2v) is 6.81. The van der Waals surface area contributed by atoms with Gasteiger partial charge in [-0.05, 0) is 56.6 Å². The fourth-order valence-corrected chi connectivity index (χ4v) is 3.69. The number of benzene rings is 1. The van der Waals surface area contributed by atoms with Crippen LogP contribution in [0.1, 0.15) is 30.7 Å². The average molecular weight is 372 g/mol. The molecule has 1 aromatic carbocycles. The number of halogens is 1. The van der Waals surface area contributed by atoms with Crippen molar-refractivity contribution in [2.75, 3.05) is 13.1 Å². The van der Waals surface area contributed by atoms with Crippen molar-refractivity contribution in [2.45, 2.75) is 38.4 Å². The Hall–Kier alpha value is -1.88. The molecule has 1 atom stereocenters. The average Bonchev–Trinajstić information content (AvgIpc) is 2.86. The molecule has 138 valence electrons. The van der Waals surface area contributed by atoms with Crippen molar-refractivity contribution in [1.29, 1.82) is 0 Å². The lowest BCUT2D eigenvalue weighted by atomic mass is 10.1. The molecular formula is C21H26ClN3O. The molecule has 1 unspecified atom stereocenters. The monoisotopic (exact) mass is 371 g/mol. The predicted molar refractivity (Wildman–Crippen MR) is 107 cm³/mol. The van der Waals surface area contributed by atoms with E-state index in [4.69, 9.17) is 4.42 Å². The zero-order valence-electron chi connectivity index (χ0n) is 14.9. The number of fused-ring (bicyclic) bond motifs is 1. The summed E-state index contributed by atoms with van der Waals surface area (Å²) in [5.74, 6) is 1.04. The fourth-order valence-electron chi connectivity index (χ4n) is 3.69. The zero-order chi connectivity index (χ0) is 16.9. The van der Waals surface area contributed by atoms with Crippen LogP contribution in [0, 0.1) is 0 Å². The molecule has 0 radical (unpaired) electrons. The first-order valence-electron chi connectivity index (χ1n) is 9.20. The van der Waals surface area contributed by atoms with Gasteiger partial charge in [-0.2, -0.15) is 0 Å². The summed E-state index contributed by atoms with van der Waals surface area (Å²) in [4.78, 5) is 7.07. The van der Waals surface area contributed by atoms with Crippen LogP contribution in [0.5, 0.6) is 0 Å². The molecule has 26 heavy (non-hydrogen) atoms. The van der Waals surface area contributed by atoms with Gasteiger partial charge in [0, 0.05) is 24.2 Å². The topological polar surface area (TPSA) is 41.3 Å². The van der Waals surface area contributed by atoms with Gasteiger partial charge in [0.05, 0.1) is 12.2 Å². The van der Waals surface area contributed by atoms with Crippen LogP contribution in [0.15, 0.2) is 59.1 Å². The Morgan fingerprint density at radius 2 is 1.92 bits per heavy atom. The van der Waals surface area contributed by atoms with Crippen molar-refractivity contribution in [3.63, 3.8) is 0 Å². The van der Waals surface area contributed by atoms with Crippen LogP contribution < -0.4 is 5.32 Å². The van der Waals surface area contributed by atoms with Crippen LogP contribution in [-0.4, -0.2) is 29.0 Å². The summed E-state index contributed by atoms with van der Waals surface area (Å²) in [6, 6.07) is 17.1. The van der Waals surface area contributed by atoms with E-state index in [9.17, 15) is 0 Å². The second kappa shape index (κ2) is 9.17. The van der Waals surface area contributed by atoms with Crippen molar-refractivity contribution >= 4 is 23.4 Å². The lowest BCUT2D eigenvalue weighted by Gasteiger charge is -2.30. The number of nitrogens with zero attached hydrogens (tertiary/aromatic N) is 2. The molecule has 5 heteroatoms. The first-order valence-corrected chi connectivity index (χ1v) is 9.20. The van der Waals surface area contributed by atoms with Crippen molar-refractivity contribution in [3.05, 3.63) is 66.2 Å². The van der Waals surface area contributed by atoms with E-state index in [-0.39, 0.29) is 12.4 Å². The summed E-state index contributed by atoms with van der Waals surface area (Å²) in [6.45, 7) is 3.90. The van der Waals surface area contributed by atoms with Gasteiger partial charge in [0.25, 0.3) is 0 Å². The number of nitrogens with one attached hydrogen (secondary N) is 1. The van der Waals surface area contributed by atoms with Gasteiger partial charge < -0.3 is 9.73 Å². The number of hydrogen-bond donors (Lipinski definition) is 1. The smallest absolute Gasteiger partial charge is 0.134 e. The summed E-state index contributed by atoms with van der Waals surface area (Å²) in [7, 11) is 0. The Morgan fingerprint density at radius 1 is 1.04 bits per heavy atom. The van der Waals surface area contributed by atoms with E-state index in [1.807, 2.05) is 24.4 Å². The first-order chi connectivity index (χ1) is 12.4. The molecule has 0 bridgehead atoms. The van der Waals surface area contributed by atoms with Gasteiger partial charge in [0.2, 0.25) is 0 Å². The Bertz CT molecular complexity index is 764. The van der Waals surface area contributed by atoms with Crippen molar-refractivity contribution in [2.24, 2.45) is 0 Å². The van der Waals surface area contributed by atoms with Crippen LogP contribution in [-0.2, 0) is 13.1 Å². The minimum atomic E-state index is 0. The van der Waals surface area contributed by atoms with E-state index >= 15 is 0 Å². The van der Waals surface area contributed by atoms with Gasteiger partial charge in [-0.1, -0.05) is 24.3 Å². The van der Waals surface area contributed by atoms with Gasteiger partial charge in [0.1, 0.15) is 11.3 Å². The van der Waals surface area contributed by atoms with Crippen LogP contribution in [0.25, 0.3) is 11.0 Å². The Morgan fingerprint density at radius 3 is 2.77 bits per heavy atom. The molecule has 3 heterocycles. The molecule has 0 amide bonds. The third-order valence-electron chi connectivity index (χ3n) is 4.99. The molecule has 2 aromatic heterocycles. The van der Waals surface area contributed by atoms with E-state index in [1.54, 1.807) is 0 Å². The Kier molecular flexibility index (Phi) is 6.67. The Balaban J connectivity index is 0.00000196. The molecule has 3 aromatic rings. The summed E-state index contributed by atoms with van der Waals surface area (Å²) < 4.78 is 6.08. The van der Waals surface area contributed by atoms with E-state index < -0.39 is 0 Å². The van der Waals surface area contributed by atoms with E-state index in [0.29, 0.717) is 6.04 Å². The standard InChI is InChI=1S/C21H25N3O.ClH/c1-2-9-21-17(6-1)14-20(25-21)16-24(15-18-7-3-4-12-23-18)19-8-5-11-22-13-10-19;/h1-4,6-7,9,12,14,19,22H,5,8,10-11,13,15-16H2;1H. The number of pyridine rings is 1. The summed E-state index contributed by atoms with van der Waals surface area (Å²) in [6.07, 6.45) is 5.50. The van der Waals surface area contributed by atoms with Crippen LogP contribution >= 0.6 is 12.4 Å². The summed E-state index contributed by atoms with van der Waals surface area (Å²) in [5, 5.41) is 4.69. The molecular weight excluding hydrogens is 346 g/mol.